The van der Waals surface area contributed by atoms with Crippen molar-refractivity contribution in [3.63, 3.8) is 0 Å². The topological polar surface area (TPSA) is 124 Å². The van der Waals surface area contributed by atoms with Crippen molar-refractivity contribution < 1.29 is 46.7 Å². The Bertz CT molecular complexity index is 551. The van der Waals surface area contributed by atoms with E-state index >= 15 is 0 Å². The van der Waals surface area contributed by atoms with E-state index in [1.165, 1.54) is 20.8 Å². The molecule has 0 fully saturated rings. The van der Waals surface area contributed by atoms with Crippen LogP contribution in [-0.4, -0.2) is 38.3 Å². The Hall–Kier alpha value is -2.26. The highest BCUT2D eigenvalue weighted by Crippen LogP contribution is 2.49. The molecular weight excluding hydrogens is 371 g/mol. The molecule has 0 aliphatic heterocycles. The average Bonchev–Trinajstić information content (AvgIpc) is 2.54. The van der Waals surface area contributed by atoms with Crippen LogP contribution in [0.1, 0.15) is 20.8 Å². The molecule has 0 bridgehead atoms. The minimum Gasteiger partial charge on any atom is -0.435 e. The molecule has 0 heterocycles. The summed E-state index contributed by atoms with van der Waals surface area (Å²) in [5, 5.41) is 0. The second-order valence-corrected chi connectivity index (χ2v) is 6.49. The molecule has 0 saturated heterocycles. The molecule has 0 saturated carbocycles. The van der Waals surface area contributed by atoms with E-state index in [0.29, 0.717) is 0 Å². The maximum absolute atomic E-state index is 12.4. The minimum atomic E-state index is -4.40. The standard InChI is InChI=1S/C15H21O10P/c1-10(2)13(16)20-7-23-26(19,24-8-21-14(17)11(3)4)25-9-22-15(18)12(5)6/h1,3,5,7-9H2,2,4,6H3. The van der Waals surface area contributed by atoms with Gasteiger partial charge >= 0.3 is 25.7 Å². The Morgan fingerprint density at radius 2 is 0.885 bits per heavy atom. The summed E-state index contributed by atoms with van der Waals surface area (Å²) in [4.78, 5) is 33.8. The molecule has 0 amide bonds. The lowest BCUT2D eigenvalue weighted by atomic mass is 10.4. The van der Waals surface area contributed by atoms with Gasteiger partial charge in [-0.25, -0.2) is 32.5 Å². The Morgan fingerprint density at radius 3 is 1.08 bits per heavy atom. The van der Waals surface area contributed by atoms with Crippen LogP contribution in [0.2, 0.25) is 0 Å². The Kier molecular flexibility index (Phi) is 10.4. The van der Waals surface area contributed by atoms with Crippen molar-refractivity contribution in [2.45, 2.75) is 20.8 Å². The number of hydrogen-bond donors (Lipinski definition) is 0. The zero-order valence-corrected chi connectivity index (χ0v) is 15.7. The van der Waals surface area contributed by atoms with E-state index in [4.69, 9.17) is 13.6 Å². The summed E-state index contributed by atoms with van der Waals surface area (Å²) in [6.07, 6.45) is 0. The van der Waals surface area contributed by atoms with E-state index in [1.54, 1.807) is 0 Å². The van der Waals surface area contributed by atoms with Crippen LogP contribution in [0.3, 0.4) is 0 Å². The highest BCUT2D eigenvalue weighted by molar-refractivity contribution is 7.48. The Balaban J connectivity index is 4.70. The molecular formula is C15H21O10P. The highest BCUT2D eigenvalue weighted by atomic mass is 31.2. The number of hydrogen-bond acceptors (Lipinski definition) is 10. The number of carbonyl (C=O) groups is 3. The molecule has 0 radical (unpaired) electrons. The molecule has 0 atom stereocenters. The predicted octanol–water partition coefficient (Wildman–Crippen LogP) is 2.37. The summed E-state index contributed by atoms with van der Waals surface area (Å²) in [5.74, 6) is -2.42. The van der Waals surface area contributed by atoms with E-state index < -0.39 is 46.1 Å². The Labute approximate surface area is 150 Å². The molecule has 0 unspecified atom stereocenters. The van der Waals surface area contributed by atoms with Crippen molar-refractivity contribution in [3.8, 4) is 0 Å². The smallest absolute Gasteiger partial charge is 0.435 e. The summed E-state index contributed by atoms with van der Waals surface area (Å²) in [6, 6.07) is 0. The third-order valence-corrected chi connectivity index (χ3v) is 3.51. The fourth-order valence-electron chi connectivity index (χ4n) is 0.915. The molecule has 146 valence electrons. The number of esters is 3. The molecule has 26 heavy (non-hydrogen) atoms. The third-order valence-electron chi connectivity index (χ3n) is 2.25. The number of rotatable bonds is 12. The minimum absolute atomic E-state index is 0.0797. The quantitative estimate of drug-likeness (QED) is 0.161. The van der Waals surface area contributed by atoms with Gasteiger partial charge in [-0.2, -0.15) is 0 Å². The first-order chi connectivity index (χ1) is 12.0. The van der Waals surface area contributed by atoms with E-state index in [0.717, 1.165) is 0 Å². The first-order valence-electron chi connectivity index (χ1n) is 7.00. The van der Waals surface area contributed by atoms with E-state index in [-0.39, 0.29) is 16.7 Å². The molecule has 0 aliphatic rings. The van der Waals surface area contributed by atoms with Gasteiger partial charge < -0.3 is 14.2 Å². The van der Waals surface area contributed by atoms with E-state index in [2.05, 4.69) is 33.9 Å². The molecule has 0 aromatic rings. The maximum Gasteiger partial charge on any atom is 0.483 e. The van der Waals surface area contributed by atoms with E-state index in [9.17, 15) is 18.9 Å². The van der Waals surface area contributed by atoms with Gasteiger partial charge in [0.1, 0.15) is 0 Å². The summed E-state index contributed by atoms with van der Waals surface area (Å²) in [6.45, 7) is 11.8. The molecule has 0 N–H and O–H groups in total. The first kappa shape index (κ1) is 23.7. The molecule has 11 heteroatoms. The molecule has 0 aromatic carbocycles. The van der Waals surface area contributed by atoms with Crippen molar-refractivity contribution in [2.75, 3.05) is 20.4 Å². The van der Waals surface area contributed by atoms with Gasteiger partial charge in [0, 0.05) is 16.7 Å². The fraction of sp³-hybridized carbons (Fsp3) is 0.400. The van der Waals surface area contributed by atoms with Crippen LogP contribution in [0.4, 0.5) is 0 Å². The zero-order valence-electron chi connectivity index (χ0n) is 14.8. The second-order valence-electron chi connectivity index (χ2n) is 4.82. The largest absolute Gasteiger partial charge is 0.483 e. The molecule has 0 spiro atoms. The van der Waals surface area contributed by atoms with Crippen LogP contribution in [0, 0.1) is 0 Å². The number of phosphoric acid groups is 1. The van der Waals surface area contributed by atoms with Gasteiger partial charge in [0.25, 0.3) is 0 Å². The second kappa shape index (κ2) is 11.4. The van der Waals surface area contributed by atoms with Crippen molar-refractivity contribution >= 4 is 25.7 Å². The van der Waals surface area contributed by atoms with Crippen molar-refractivity contribution in [1.29, 1.82) is 0 Å². The summed E-state index contributed by atoms with van der Waals surface area (Å²) < 4.78 is 40.3. The summed E-state index contributed by atoms with van der Waals surface area (Å²) in [7, 11) is -4.40. The summed E-state index contributed by atoms with van der Waals surface area (Å²) >= 11 is 0. The highest BCUT2D eigenvalue weighted by Gasteiger charge is 2.29. The monoisotopic (exact) mass is 392 g/mol. The number of ether oxygens (including phenoxy) is 3. The molecule has 0 aromatic heterocycles. The van der Waals surface area contributed by atoms with Crippen LogP contribution in [0.15, 0.2) is 36.5 Å². The van der Waals surface area contributed by atoms with Crippen LogP contribution in [0.5, 0.6) is 0 Å². The molecule has 0 rings (SSSR count). The van der Waals surface area contributed by atoms with Gasteiger partial charge in [-0.3, -0.25) is 0 Å². The molecule has 10 nitrogen and oxygen atoms in total. The Morgan fingerprint density at radius 1 is 0.654 bits per heavy atom. The third kappa shape index (κ3) is 9.90. The normalized spacial score (nSPS) is 10.6. The van der Waals surface area contributed by atoms with Crippen LogP contribution in [0.25, 0.3) is 0 Å². The first-order valence-corrected chi connectivity index (χ1v) is 8.46. The zero-order chi connectivity index (χ0) is 20.3. The van der Waals surface area contributed by atoms with Crippen molar-refractivity contribution in [2.24, 2.45) is 0 Å². The van der Waals surface area contributed by atoms with Crippen LogP contribution >= 0.6 is 7.82 Å². The van der Waals surface area contributed by atoms with Crippen LogP contribution in [-0.2, 0) is 46.7 Å². The lowest BCUT2D eigenvalue weighted by Gasteiger charge is -2.17. The maximum atomic E-state index is 12.4. The number of carbonyl (C=O) groups excluding carboxylic acids is 3. The van der Waals surface area contributed by atoms with Gasteiger partial charge in [-0.1, -0.05) is 19.7 Å². The van der Waals surface area contributed by atoms with E-state index in [1.807, 2.05) is 0 Å². The fourth-order valence-corrected chi connectivity index (χ4v) is 1.68. The molecule has 0 aliphatic carbocycles. The van der Waals surface area contributed by atoms with Gasteiger partial charge in [0.05, 0.1) is 0 Å². The average molecular weight is 392 g/mol. The SMILES string of the molecule is C=C(C)C(=O)OCOP(=O)(OCOC(=O)C(=C)C)OCOC(=O)C(=C)C. The summed E-state index contributed by atoms with van der Waals surface area (Å²) in [5.41, 5.74) is 0.239. The van der Waals surface area contributed by atoms with Gasteiger partial charge in [-0.15, -0.1) is 0 Å². The van der Waals surface area contributed by atoms with Gasteiger partial charge in [0.15, 0.2) is 0 Å². The van der Waals surface area contributed by atoms with Crippen molar-refractivity contribution in [3.05, 3.63) is 36.5 Å². The van der Waals surface area contributed by atoms with Crippen molar-refractivity contribution in [1.82, 2.24) is 0 Å². The number of phosphoric ester groups is 1. The van der Waals surface area contributed by atoms with Crippen LogP contribution < -0.4 is 0 Å². The lowest BCUT2D eigenvalue weighted by molar-refractivity contribution is -0.151. The van der Waals surface area contributed by atoms with Gasteiger partial charge in [0.2, 0.25) is 20.4 Å². The predicted molar refractivity (Wildman–Crippen MR) is 88.2 cm³/mol. The van der Waals surface area contributed by atoms with Gasteiger partial charge in [-0.05, 0) is 20.8 Å². The lowest BCUT2D eigenvalue weighted by Crippen LogP contribution is -2.14.